The number of piperidine rings is 1. The van der Waals surface area contributed by atoms with Crippen molar-refractivity contribution in [3.8, 4) is 0 Å². The van der Waals surface area contributed by atoms with Crippen LogP contribution >= 0.6 is 11.6 Å². The lowest BCUT2D eigenvalue weighted by Crippen LogP contribution is -2.52. The van der Waals surface area contributed by atoms with Gasteiger partial charge in [-0.1, -0.05) is 18.5 Å². The van der Waals surface area contributed by atoms with Gasteiger partial charge in [0.25, 0.3) is 0 Å². The van der Waals surface area contributed by atoms with Gasteiger partial charge in [-0.15, -0.1) is 0 Å². The first-order valence-corrected chi connectivity index (χ1v) is 8.90. The Bertz CT molecular complexity index is 620. The Kier molecular flexibility index (Phi) is 5.98. The Morgan fingerprint density at radius 1 is 1.40 bits per heavy atom. The van der Waals surface area contributed by atoms with Crippen LogP contribution in [-0.4, -0.2) is 59.8 Å². The van der Waals surface area contributed by atoms with Crippen LogP contribution in [0.5, 0.6) is 0 Å². The van der Waals surface area contributed by atoms with Crippen molar-refractivity contribution in [2.45, 2.75) is 45.8 Å². The number of anilines is 2. The summed E-state index contributed by atoms with van der Waals surface area (Å²) in [7, 11) is 3.55. The number of amides is 1. The van der Waals surface area contributed by atoms with E-state index in [-0.39, 0.29) is 12.1 Å². The first kappa shape index (κ1) is 19.6. The van der Waals surface area contributed by atoms with Crippen molar-refractivity contribution in [1.29, 1.82) is 0 Å². The van der Waals surface area contributed by atoms with Crippen LogP contribution in [-0.2, 0) is 4.74 Å². The fourth-order valence-corrected chi connectivity index (χ4v) is 3.13. The molecule has 7 nitrogen and oxygen atoms in total. The van der Waals surface area contributed by atoms with Crippen LogP contribution < -0.4 is 10.2 Å². The molecular formula is C17H28ClN5O2. The van der Waals surface area contributed by atoms with Crippen LogP contribution in [0.4, 0.5) is 16.6 Å². The number of hydrogen-bond donors (Lipinski definition) is 1. The first-order valence-electron chi connectivity index (χ1n) is 8.52. The Labute approximate surface area is 154 Å². The summed E-state index contributed by atoms with van der Waals surface area (Å²) in [6.45, 7) is 9.32. The maximum atomic E-state index is 12.4. The van der Waals surface area contributed by atoms with Crippen LogP contribution in [0.2, 0.25) is 5.15 Å². The summed E-state index contributed by atoms with van der Waals surface area (Å²) in [5.41, 5.74) is -0.507. The molecule has 0 aromatic carbocycles. The fourth-order valence-electron chi connectivity index (χ4n) is 2.95. The molecule has 0 bridgehead atoms. The molecule has 140 valence electrons. The van der Waals surface area contributed by atoms with Gasteiger partial charge in [-0.25, -0.2) is 9.78 Å². The maximum absolute atomic E-state index is 12.4. The molecule has 1 fully saturated rings. The Hall–Kier alpha value is -1.76. The van der Waals surface area contributed by atoms with Gasteiger partial charge in [0, 0.05) is 33.3 Å². The van der Waals surface area contributed by atoms with E-state index in [4.69, 9.17) is 16.3 Å². The molecule has 1 aromatic rings. The van der Waals surface area contributed by atoms with E-state index in [2.05, 4.69) is 27.1 Å². The molecule has 2 heterocycles. The van der Waals surface area contributed by atoms with Crippen LogP contribution in [0.1, 0.15) is 34.1 Å². The lowest BCUT2D eigenvalue weighted by atomic mass is 9.95. The number of rotatable bonds is 3. The number of halogens is 1. The van der Waals surface area contributed by atoms with Crippen molar-refractivity contribution >= 4 is 29.5 Å². The topological polar surface area (TPSA) is 70.6 Å². The van der Waals surface area contributed by atoms with E-state index in [9.17, 15) is 4.79 Å². The van der Waals surface area contributed by atoms with Crippen molar-refractivity contribution in [2.75, 3.05) is 37.4 Å². The highest BCUT2D eigenvalue weighted by Gasteiger charge is 2.32. The number of carbonyl (C=O) groups excluding carboxylic acids is 1. The van der Waals surface area contributed by atoms with Gasteiger partial charge in [-0.3, -0.25) is 0 Å². The second-order valence-electron chi connectivity index (χ2n) is 7.61. The van der Waals surface area contributed by atoms with E-state index in [1.807, 2.05) is 20.8 Å². The number of aromatic nitrogens is 2. The molecule has 2 atom stereocenters. The zero-order valence-electron chi connectivity index (χ0n) is 15.8. The Balaban J connectivity index is 2.16. The Morgan fingerprint density at radius 3 is 2.68 bits per heavy atom. The van der Waals surface area contributed by atoms with E-state index >= 15 is 0 Å². The molecule has 0 spiro atoms. The average Bonchev–Trinajstić information content (AvgIpc) is 2.51. The molecule has 8 heteroatoms. The molecule has 0 aliphatic carbocycles. The highest BCUT2D eigenvalue weighted by molar-refractivity contribution is 6.29. The predicted molar refractivity (Wildman–Crippen MR) is 100 cm³/mol. The van der Waals surface area contributed by atoms with Gasteiger partial charge < -0.3 is 19.9 Å². The third-order valence-electron chi connectivity index (χ3n) is 4.10. The quantitative estimate of drug-likeness (QED) is 0.824. The summed E-state index contributed by atoms with van der Waals surface area (Å²) in [5, 5.41) is 3.31. The van der Waals surface area contributed by atoms with Crippen LogP contribution in [0.15, 0.2) is 6.07 Å². The zero-order chi connectivity index (χ0) is 18.8. The minimum absolute atomic E-state index is 0.0466. The minimum Gasteiger partial charge on any atom is -0.444 e. The highest BCUT2D eigenvalue weighted by Crippen LogP contribution is 2.27. The van der Waals surface area contributed by atoms with Gasteiger partial charge in [0.2, 0.25) is 5.95 Å². The third kappa shape index (κ3) is 5.36. The first-order chi connectivity index (χ1) is 11.6. The lowest BCUT2D eigenvalue weighted by Gasteiger charge is -2.41. The number of ether oxygens (including phenoxy) is 1. The largest absolute Gasteiger partial charge is 0.444 e. The number of nitrogens with zero attached hydrogens (tertiary/aromatic N) is 4. The number of carbonyl (C=O) groups is 1. The summed E-state index contributed by atoms with van der Waals surface area (Å²) < 4.78 is 5.50. The summed E-state index contributed by atoms with van der Waals surface area (Å²) in [6.07, 6.45) is 0.618. The normalized spacial score (nSPS) is 21.0. The second kappa shape index (κ2) is 7.64. The number of likely N-dealkylation sites (N-methyl/N-ethyl adjacent to an activating group) is 1. The van der Waals surface area contributed by atoms with Crippen LogP contribution in [0.3, 0.4) is 0 Å². The molecule has 1 N–H and O–H groups in total. The van der Waals surface area contributed by atoms with Gasteiger partial charge >= 0.3 is 6.09 Å². The molecule has 0 saturated carbocycles. The van der Waals surface area contributed by atoms with E-state index in [0.717, 1.165) is 18.8 Å². The standard InChI is InChI=1S/C17H28ClN5O2/c1-11-7-12(22(6)16(24)25-17(2,3)4)10-23(9-11)14-8-13(18)20-15(19-5)21-14/h8,11-12H,7,9-10H2,1-6H3,(H,19,20,21)/t11-,12-/m1/s1. The van der Waals surface area contributed by atoms with E-state index in [0.29, 0.717) is 23.6 Å². The van der Waals surface area contributed by atoms with Crippen molar-refractivity contribution in [1.82, 2.24) is 14.9 Å². The molecule has 1 aromatic heterocycles. The molecule has 1 saturated heterocycles. The van der Waals surface area contributed by atoms with Gasteiger partial charge in [-0.2, -0.15) is 4.98 Å². The zero-order valence-corrected chi connectivity index (χ0v) is 16.6. The summed E-state index contributed by atoms with van der Waals surface area (Å²) >= 11 is 6.10. The third-order valence-corrected chi connectivity index (χ3v) is 4.29. The second-order valence-corrected chi connectivity index (χ2v) is 8.00. The van der Waals surface area contributed by atoms with Gasteiger partial charge in [0.1, 0.15) is 16.6 Å². The van der Waals surface area contributed by atoms with Crippen molar-refractivity contribution in [3.63, 3.8) is 0 Å². The molecule has 0 unspecified atom stereocenters. The Morgan fingerprint density at radius 2 is 2.08 bits per heavy atom. The van der Waals surface area contributed by atoms with Gasteiger partial charge in [-0.05, 0) is 33.1 Å². The highest BCUT2D eigenvalue weighted by atomic mass is 35.5. The summed E-state index contributed by atoms with van der Waals surface area (Å²) in [4.78, 5) is 24.8. The number of nitrogens with one attached hydrogen (secondary N) is 1. The van der Waals surface area contributed by atoms with Gasteiger partial charge in [0.15, 0.2) is 0 Å². The van der Waals surface area contributed by atoms with Gasteiger partial charge in [0.05, 0.1) is 6.04 Å². The molecule has 1 aliphatic rings. The molecule has 25 heavy (non-hydrogen) atoms. The van der Waals surface area contributed by atoms with E-state index < -0.39 is 5.60 Å². The monoisotopic (exact) mass is 369 g/mol. The predicted octanol–water partition coefficient (Wildman–Crippen LogP) is 3.25. The SMILES string of the molecule is CNc1nc(Cl)cc(N2C[C@H](C)C[C@@H](N(C)C(=O)OC(C)(C)C)C2)n1. The fraction of sp³-hybridized carbons (Fsp3) is 0.706. The minimum atomic E-state index is -0.507. The van der Waals surface area contributed by atoms with E-state index in [1.165, 1.54) is 0 Å². The average molecular weight is 370 g/mol. The van der Waals surface area contributed by atoms with Crippen LogP contribution in [0, 0.1) is 5.92 Å². The smallest absolute Gasteiger partial charge is 0.410 e. The van der Waals surface area contributed by atoms with Crippen molar-refractivity contribution in [3.05, 3.63) is 11.2 Å². The summed E-state index contributed by atoms with van der Waals surface area (Å²) in [6, 6.07) is 1.80. The van der Waals surface area contributed by atoms with Crippen molar-refractivity contribution in [2.24, 2.45) is 5.92 Å². The van der Waals surface area contributed by atoms with E-state index in [1.54, 1.807) is 25.1 Å². The molecule has 2 rings (SSSR count). The lowest BCUT2D eigenvalue weighted by molar-refractivity contribution is 0.0195. The molecular weight excluding hydrogens is 342 g/mol. The maximum Gasteiger partial charge on any atom is 0.410 e. The molecule has 1 amide bonds. The molecule has 0 radical (unpaired) electrons. The van der Waals surface area contributed by atoms with Crippen molar-refractivity contribution < 1.29 is 9.53 Å². The molecule has 1 aliphatic heterocycles. The van der Waals surface area contributed by atoms with Crippen LogP contribution in [0.25, 0.3) is 0 Å². The number of hydrogen-bond acceptors (Lipinski definition) is 6. The summed E-state index contributed by atoms with van der Waals surface area (Å²) in [5.74, 6) is 1.66.